The zero-order chi connectivity index (χ0) is 17.1. The maximum atomic E-state index is 10.9. The van der Waals surface area contributed by atoms with Gasteiger partial charge in [0.05, 0.1) is 0 Å². The van der Waals surface area contributed by atoms with Gasteiger partial charge in [-0.1, -0.05) is 12.1 Å². The van der Waals surface area contributed by atoms with Crippen LogP contribution in [0.2, 0.25) is 0 Å². The average molecular weight is 332 g/mol. The summed E-state index contributed by atoms with van der Waals surface area (Å²) in [6.45, 7) is 4.38. The molecule has 1 N–H and O–H groups in total. The topological polar surface area (TPSA) is 35.9 Å². The van der Waals surface area contributed by atoms with Gasteiger partial charge in [-0.3, -0.25) is 4.90 Å². The Labute approximate surface area is 146 Å². The predicted molar refractivity (Wildman–Crippen MR) is 97.5 cm³/mol. The highest BCUT2D eigenvalue weighted by atomic mass is 16.5. The lowest BCUT2D eigenvalue weighted by Crippen LogP contribution is -2.56. The Hall–Kier alpha value is -1.10. The number of benzene rings is 1. The monoisotopic (exact) mass is 332 g/mol. The summed E-state index contributed by atoms with van der Waals surface area (Å²) >= 11 is 0. The first-order valence-corrected chi connectivity index (χ1v) is 9.36. The molecule has 1 aromatic rings. The summed E-state index contributed by atoms with van der Waals surface area (Å²) in [5.41, 5.74) is 1.19. The number of aryl methyl sites for hydroxylation is 1. The zero-order valence-electron chi connectivity index (χ0n) is 15.3. The Kier molecular flexibility index (Phi) is 5.80. The first-order chi connectivity index (χ1) is 11.5. The van der Waals surface area contributed by atoms with E-state index in [2.05, 4.69) is 43.0 Å². The van der Waals surface area contributed by atoms with Crippen LogP contribution in [-0.2, 0) is 0 Å². The van der Waals surface area contributed by atoms with Crippen LogP contribution in [0.15, 0.2) is 24.3 Å². The Morgan fingerprint density at radius 3 is 2.62 bits per heavy atom. The van der Waals surface area contributed by atoms with Crippen LogP contribution in [-0.4, -0.2) is 66.4 Å². The molecule has 1 saturated carbocycles. The van der Waals surface area contributed by atoms with Crippen LogP contribution >= 0.6 is 0 Å². The van der Waals surface area contributed by atoms with Crippen molar-refractivity contribution in [2.45, 2.75) is 63.3 Å². The minimum absolute atomic E-state index is 0.0979. The number of ether oxygens (including phenoxy) is 1. The van der Waals surface area contributed by atoms with Crippen molar-refractivity contribution in [2.75, 3.05) is 27.2 Å². The van der Waals surface area contributed by atoms with Crippen molar-refractivity contribution in [1.29, 1.82) is 0 Å². The van der Waals surface area contributed by atoms with E-state index in [1.54, 1.807) is 0 Å². The maximum Gasteiger partial charge on any atom is 0.126 e. The normalized spacial score (nSPS) is 29.8. The molecule has 1 saturated heterocycles. The molecule has 2 aliphatic rings. The van der Waals surface area contributed by atoms with E-state index < -0.39 is 6.10 Å². The third kappa shape index (κ3) is 4.11. The van der Waals surface area contributed by atoms with E-state index in [0.29, 0.717) is 6.04 Å². The highest BCUT2D eigenvalue weighted by molar-refractivity contribution is 5.27. The second-order valence-corrected chi connectivity index (χ2v) is 7.66. The van der Waals surface area contributed by atoms with E-state index >= 15 is 0 Å². The number of nitrogens with zero attached hydrogens (tertiary/aromatic N) is 2. The van der Waals surface area contributed by atoms with Crippen molar-refractivity contribution in [3.8, 4) is 5.75 Å². The molecule has 134 valence electrons. The molecule has 0 bridgehead atoms. The average Bonchev–Trinajstić information content (AvgIpc) is 2.57. The fraction of sp³-hybridized carbons (Fsp3) is 0.700. The van der Waals surface area contributed by atoms with Crippen LogP contribution in [0.5, 0.6) is 5.75 Å². The maximum absolute atomic E-state index is 10.9. The Morgan fingerprint density at radius 2 is 1.92 bits per heavy atom. The van der Waals surface area contributed by atoms with E-state index in [4.69, 9.17) is 4.74 Å². The SMILES string of the molecule is Cc1cccc(O[C@@H]2CCC[C@H](N(C)C3CCN(C)CC3)[C@H]2O)c1. The van der Waals surface area contributed by atoms with Gasteiger partial charge in [-0.25, -0.2) is 0 Å². The van der Waals surface area contributed by atoms with Crippen LogP contribution in [0.1, 0.15) is 37.7 Å². The number of likely N-dealkylation sites (N-methyl/N-ethyl adjacent to an activating group) is 1. The lowest BCUT2D eigenvalue weighted by molar-refractivity contribution is -0.0620. The Bertz CT molecular complexity index is 528. The second kappa shape index (κ2) is 7.85. The lowest BCUT2D eigenvalue weighted by atomic mass is 9.87. The van der Waals surface area contributed by atoms with Gasteiger partial charge in [-0.2, -0.15) is 0 Å². The third-order valence-electron chi connectivity index (χ3n) is 5.83. The van der Waals surface area contributed by atoms with Crippen molar-refractivity contribution >= 4 is 0 Å². The van der Waals surface area contributed by atoms with Gasteiger partial charge in [0.1, 0.15) is 18.0 Å². The van der Waals surface area contributed by atoms with Gasteiger partial charge in [0.15, 0.2) is 0 Å². The minimum Gasteiger partial charge on any atom is -0.488 e. The van der Waals surface area contributed by atoms with E-state index in [1.807, 2.05) is 12.1 Å². The molecule has 1 aliphatic carbocycles. The molecule has 0 radical (unpaired) electrons. The molecule has 3 atom stereocenters. The molecule has 0 spiro atoms. The van der Waals surface area contributed by atoms with Crippen molar-refractivity contribution < 1.29 is 9.84 Å². The zero-order valence-corrected chi connectivity index (χ0v) is 15.3. The number of aliphatic hydroxyl groups excluding tert-OH is 1. The van der Waals surface area contributed by atoms with Crippen LogP contribution < -0.4 is 4.74 Å². The number of hydrogen-bond acceptors (Lipinski definition) is 4. The highest BCUT2D eigenvalue weighted by Gasteiger charge is 2.38. The summed E-state index contributed by atoms with van der Waals surface area (Å²) in [4.78, 5) is 4.83. The van der Waals surface area contributed by atoms with Gasteiger partial charge in [-0.05, 0) is 83.9 Å². The van der Waals surface area contributed by atoms with Crippen LogP contribution in [0.4, 0.5) is 0 Å². The summed E-state index contributed by atoms with van der Waals surface area (Å²) in [6, 6.07) is 8.92. The van der Waals surface area contributed by atoms with Crippen LogP contribution in [0.25, 0.3) is 0 Å². The molecule has 4 heteroatoms. The van der Waals surface area contributed by atoms with Gasteiger partial charge < -0.3 is 14.7 Å². The van der Waals surface area contributed by atoms with Gasteiger partial charge >= 0.3 is 0 Å². The first-order valence-electron chi connectivity index (χ1n) is 9.36. The van der Waals surface area contributed by atoms with Crippen molar-refractivity contribution in [1.82, 2.24) is 9.80 Å². The summed E-state index contributed by atoms with van der Waals surface area (Å²) in [5.74, 6) is 0.877. The summed E-state index contributed by atoms with van der Waals surface area (Å²) in [6.07, 6.45) is 5.00. The van der Waals surface area contributed by atoms with Gasteiger partial charge in [-0.15, -0.1) is 0 Å². The molecule has 24 heavy (non-hydrogen) atoms. The van der Waals surface area contributed by atoms with Gasteiger partial charge in [0.2, 0.25) is 0 Å². The molecule has 4 nitrogen and oxygen atoms in total. The van der Waals surface area contributed by atoms with Crippen LogP contribution in [0, 0.1) is 6.92 Å². The van der Waals surface area contributed by atoms with Crippen molar-refractivity contribution in [3.63, 3.8) is 0 Å². The van der Waals surface area contributed by atoms with Crippen LogP contribution in [0.3, 0.4) is 0 Å². The number of hydrogen-bond donors (Lipinski definition) is 1. The van der Waals surface area contributed by atoms with Gasteiger partial charge in [0.25, 0.3) is 0 Å². The molecule has 0 amide bonds. The number of piperidine rings is 1. The van der Waals surface area contributed by atoms with Crippen molar-refractivity contribution in [3.05, 3.63) is 29.8 Å². The molecule has 0 aromatic heterocycles. The van der Waals surface area contributed by atoms with E-state index in [-0.39, 0.29) is 12.1 Å². The Morgan fingerprint density at radius 1 is 1.17 bits per heavy atom. The number of likely N-dealkylation sites (tertiary alicyclic amines) is 1. The molecule has 3 rings (SSSR count). The minimum atomic E-state index is -0.413. The number of rotatable bonds is 4. The van der Waals surface area contributed by atoms with E-state index in [0.717, 1.165) is 38.1 Å². The van der Waals surface area contributed by atoms with Crippen molar-refractivity contribution in [2.24, 2.45) is 0 Å². The molecule has 1 aliphatic heterocycles. The quantitative estimate of drug-likeness (QED) is 0.920. The smallest absolute Gasteiger partial charge is 0.126 e. The fourth-order valence-corrected chi connectivity index (χ4v) is 4.23. The molecule has 2 fully saturated rings. The molecular formula is C20H32N2O2. The lowest BCUT2D eigenvalue weighted by Gasteiger charge is -2.44. The number of aliphatic hydroxyl groups is 1. The van der Waals surface area contributed by atoms with E-state index in [9.17, 15) is 5.11 Å². The Balaban J connectivity index is 1.62. The molecular weight excluding hydrogens is 300 g/mol. The predicted octanol–water partition coefficient (Wildman–Crippen LogP) is 2.68. The summed E-state index contributed by atoms with van der Waals surface area (Å²) in [5, 5.41) is 10.9. The first kappa shape index (κ1) is 17.7. The third-order valence-corrected chi connectivity index (χ3v) is 5.83. The second-order valence-electron chi connectivity index (χ2n) is 7.66. The summed E-state index contributed by atoms with van der Waals surface area (Å²) < 4.78 is 6.15. The van der Waals surface area contributed by atoms with Gasteiger partial charge in [0, 0.05) is 12.1 Å². The van der Waals surface area contributed by atoms with E-state index in [1.165, 1.54) is 18.4 Å². The highest BCUT2D eigenvalue weighted by Crippen LogP contribution is 2.29. The fourth-order valence-electron chi connectivity index (χ4n) is 4.23. The molecule has 1 aromatic carbocycles. The summed E-state index contributed by atoms with van der Waals surface area (Å²) in [7, 11) is 4.39. The standard InChI is InChI=1S/C20H32N2O2/c1-15-6-4-7-17(14-15)24-19-9-5-8-18(20(19)23)22(3)16-10-12-21(2)13-11-16/h4,6-7,14,16,18-20,23H,5,8-13H2,1-3H3/t18-,19+,20+/m0/s1. The molecule has 0 unspecified atom stereocenters. The molecule has 1 heterocycles. The largest absolute Gasteiger partial charge is 0.488 e.